The Balaban J connectivity index is 1.68. The molecule has 3 rings (SSSR count). The van der Waals surface area contributed by atoms with Crippen LogP contribution in [0.3, 0.4) is 0 Å². The molecule has 138 valence electrons. The quantitative estimate of drug-likeness (QED) is 0.872. The third kappa shape index (κ3) is 4.16. The van der Waals surface area contributed by atoms with Gasteiger partial charge in [-0.25, -0.2) is 8.42 Å². The summed E-state index contributed by atoms with van der Waals surface area (Å²) >= 11 is 0. The number of amides is 1. The summed E-state index contributed by atoms with van der Waals surface area (Å²) < 4.78 is 30.9. The summed E-state index contributed by atoms with van der Waals surface area (Å²) in [6.45, 7) is 2.23. The Bertz CT molecular complexity index is 894. The van der Waals surface area contributed by atoms with Gasteiger partial charge in [-0.05, 0) is 37.1 Å². The maximum atomic E-state index is 12.3. The van der Waals surface area contributed by atoms with Crippen LogP contribution in [0.2, 0.25) is 0 Å². The summed E-state index contributed by atoms with van der Waals surface area (Å²) in [4.78, 5) is 12.3. The van der Waals surface area contributed by atoms with Gasteiger partial charge >= 0.3 is 0 Å². The molecule has 1 heterocycles. The molecule has 7 heteroatoms. The Labute approximate surface area is 153 Å². The lowest BCUT2D eigenvalue weighted by molar-refractivity contribution is -0.123. The second kappa shape index (κ2) is 7.37. The number of rotatable bonds is 5. The summed E-state index contributed by atoms with van der Waals surface area (Å²) in [7, 11) is -3.35. The first kappa shape index (κ1) is 18.3. The van der Waals surface area contributed by atoms with E-state index in [2.05, 4.69) is 5.32 Å². The summed E-state index contributed by atoms with van der Waals surface area (Å²) in [5, 5.41) is 2.94. The second-order valence-corrected chi connectivity index (χ2v) is 8.31. The summed E-state index contributed by atoms with van der Waals surface area (Å²) in [6.07, 6.45) is 1.71. The first-order chi connectivity index (χ1) is 12.3. The highest BCUT2D eigenvalue weighted by Gasteiger charge is 2.30. The topological polar surface area (TPSA) is 75.7 Å². The van der Waals surface area contributed by atoms with Gasteiger partial charge in [0.2, 0.25) is 10.0 Å². The fraction of sp³-hybridized carbons (Fsp3) is 0.316. The smallest absolute Gasteiger partial charge is 0.258 e. The van der Waals surface area contributed by atoms with Gasteiger partial charge in [-0.15, -0.1) is 0 Å². The number of nitrogens with one attached hydrogen (secondary N) is 1. The number of ether oxygens (including phenoxy) is 1. The molecule has 0 aliphatic carbocycles. The van der Waals surface area contributed by atoms with Crippen molar-refractivity contribution in [3.63, 3.8) is 0 Å². The van der Waals surface area contributed by atoms with Gasteiger partial charge < -0.3 is 10.1 Å². The summed E-state index contributed by atoms with van der Waals surface area (Å²) in [5.74, 6) is 0.399. The molecule has 1 atom stereocenters. The average Bonchev–Trinajstić information content (AvgIpc) is 2.60. The van der Waals surface area contributed by atoms with E-state index in [4.69, 9.17) is 4.74 Å². The lowest BCUT2D eigenvalue weighted by Gasteiger charge is -2.34. The fourth-order valence-electron chi connectivity index (χ4n) is 3.05. The minimum atomic E-state index is -3.35. The molecule has 1 amide bonds. The predicted octanol–water partition coefficient (Wildman–Crippen LogP) is 2.40. The molecule has 0 radical (unpaired) electrons. The molecule has 2 aromatic carbocycles. The van der Waals surface area contributed by atoms with Gasteiger partial charge in [0.15, 0.2) is 6.61 Å². The van der Waals surface area contributed by atoms with Crippen molar-refractivity contribution in [3.8, 4) is 5.75 Å². The van der Waals surface area contributed by atoms with Crippen LogP contribution in [-0.4, -0.2) is 33.7 Å². The Hall–Kier alpha value is -2.54. The SMILES string of the molecule is Cc1ccc(OCC(=O)NC2CCN(S(C)(=O)=O)c3ccccc32)cc1. The molecule has 0 aromatic heterocycles. The molecule has 2 aromatic rings. The third-order valence-electron chi connectivity index (χ3n) is 4.33. The Kier molecular flexibility index (Phi) is 5.18. The number of carbonyl (C=O) groups excluding carboxylic acids is 1. The number of anilines is 1. The van der Waals surface area contributed by atoms with Crippen LogP contribution >= 0.6 is 0 Å². The van der Waals surface area contributed by atoms with Crippen molar-refractivity contribution < 1.29 is 17.9 Å². The number of hydrogen-bond donors (Lipinski definition) is 1. The van der Waals surface area contributed by atoms with Gasteiger partial charge in [-0.3, -0.25) is 9.10 Å². The second-order valence-electron chi connectivity index (χ2n) is 6.40. The maximum absolute atomic E-state index is 12.3. The van der Waals surface area contributed by atoms with Crippen LogP contribution in [0.15, 0.2) is 48.5 Å². The van der Waals surface area contributed by atoms with Crippen LogP contribution in [0.4, 0.5) is 5.69 Å². The summed E-state index contributed by atoms with van der Waals surface area (Å²) in [5.41, 5.74) is 2.54. The molecule has 0 saturated carbocycles. The van der Waals surface area contributed by atoms with E-state index in [0.29, 0.717) is 24.4 Å². The molecule has 0 saturated heterocycles. The minimum absolute atomic E-state index is 0.0858. The number of hydrogen-bond acceptors (Lipinski definition) is 4. The number of aryl methyl sites for hydroxylation is 1. The van der Waals surface area contributed by atoms with Crippen molar-refractivity contribution in [1.82, 2.24) is 5.32 Å². The molecular formula is C19H22N2O4S. The Morgan fingerprint density at radius 1 is 1.19 bits per heavy atom. The zero-order chi connectivity index (χ0) is 18.7. The Morgan fingerprint density at radius 3 is 2.58 bits per heavy atom. The molecule has 0 bridgehead atoms. The van der Waals surface area contributed by atoms with E-state index in [1.165, 1.54) is 10.6 Å². The van der Waals surface area contributed by atoms with Gasteiger partial charge in [0, 0.05) is 6.54 Å². The largest absolute Gasteiger partial charge is 0.484 e. The maximum Gasteiger partial charge on any atom is 0.258 e. The third-order valence-corrected chi connectivity index (χ3v) is 5.51. The van der Waals surface area contributed by atoms with Gasteiger partial charge in [-0.1, -0.05) is 35.9 Å². The molecule has 1 aliphatic rings. The van der Waals surface area contributed by atoms with Gasteiger partial charge in [0.05, 0.1) is 18.0 Å². The number of fused-ring (bicyclic) bond motifs is 1. The van der Waals surface area contributed by atoms with E-state index in [9.17, 15) is 13.2 Å². The van der Waals surface area contributed by atoms with E-state index in [1.54, 1.807) is 12.1 Å². The van der Waals surface area contributed by atoms with Gasteiger partial charge in [-0.2, -0.15) is 0 Å². The number of sulfonamides is 1. The van der Waals surface area contributed by atoms with Gasteiger partial charge in [0.25, 0.3) is 5.91 Å². The van der Waals surface area contributed by atoms with Crippen LogP contribution in [0.5, 0.6) is 5.75 Å². The predicted molar refractivity (Wildman–Crippen MR) is 101 cm³/mol. The summed E-state index contributed by atoms with van der Waals surface area (Å²) in [6, 6.07) is 14.5. The average molecular weight is 374 g/mol. The van der Waals surface area contributed by atoms with Crippen LogP contribution in [-0.2, 0) is 14.8 Å². The standard InChI is InChI=1S/C19H22N2O4S/c1-14-7-9-15(10-8-14)25-13-19(22)20-17-11-12-21(26(2,23)24)18-6-4-3-5-16(17)18/h3-10,17H,11-13H2,1-2H3,(H,20,22). The molecule has 1 aliphatic heterocycles. The highest BCUT2D eigenvalue weighted by atomic mass is 32.2. The molecule has 6 nitrogen and oxygen atoms in total. The van der Waals surface area contributed by atoms with Crippen molar-refractivity contribution in [2.24, 2.45) is 0 Å². The van der Waals surface area contributed by atoms with Crippen LogP contribution < -0.4 is 14.4 Å². The Morgan fingerprint density at radius 2 is 1.88 bits per heavy atom. The van der Waals surface area contributed by atoms with E-state index in [1.807, 2.05) is 43.3 Å². The number of nitrogens with zero attached hydrogens (tertiary/aromatic N) is 1. The van der Waals surface area contributed by atoms with Crippen molar-refractivity contribution in [2.75, 3.05) is 23.7 Å². The van der Waals surface area contributed by atoms with Gasteiger partial charge in [0.1, 0.15) is 5.75 Å². The lowest BCUT2D eigenvalue weighted by Crippen LogP contribution is -2.41. The first-order valence-electron chi connectivity index (χ1n) is 8.40. The number of benzene rings is 2. The molecule has 26 heavy (non-hydrogen) atoms. The van der Waals surface area contributed by atoms with Crippen molar-refractivity contribution in [1.29, 1.82) is 0 Å². The van der Waals surface area contributed by atoms with Crippen LogP contribution in [0.25, 0.3) is 0 Å². The number of carbonyl (C=O) groups is 1. The van der Waals surface area contributed by atoms with Crippen molar-refractivity contribution in [2.45, 2.75) is 19.4 Å². The van der Waals surface area contributed by atoms with E-state index in [-0.39, 0.29) is 18.6 Å². The minimum Gasteiger partial charge on any atom is -0.484 e. The molecular weight excluding hydrogens is 352 g/mol. The molecule has 1 N–H and O–H groups in total. The monoisotopic (exact) mass is 374 g/mol. The lowest BCUT2D eigenvalue weighted by atomic mass is 9.98. The highest BCUT2D eigenvalue weighted by Crippen LogP contribution is 2.34. The zero-order valence-corrected chi connectivity index (χ0v) is 15.6. The molecule has 0 fully saturated rings. The first-order valence-corrected chi connectivity index (χ1v) is 10.2. The van der Waals surface area contributed by atoms with E-state index in [0.717, 1.165) is 11.1 Å². The molecule has 1 unspecified atom stereocenters. The van der Waals surface area contributed by atoms with Crippen molar-refractivity contribution in [3.05, 3.63) is 59.7 Å². The normalized spacial score (nSPS) is 16.7. The number of para-hydroxylation sites is 1. The molecule has 0 spiro atoms. The van der Waals surface area contributed by atoms with Crippen LogP contribution in [0, 0.1) is 6.92 Å². The van der Waals surface area contributed by atoms with Crippen molar-refractivity contribution >= 4 is 21.6 Å². The van der Waals surface area contributed by atoms with E-state index < -0.39 is 10.0 Å². The highest BCUT2D eigenvalue weighted by molar-refractivity contribution is 7.92. The van der Waals surface area contributed by atoms with Crippen LogP contribution in [0.1, 0.15) is 23.6 Å². The van der Waals surface area contributed by atoms with E-state index >= 15 is 0 Å². The zero-order valence-electron chi connectivity index (χ0n) is 14.8. The fourth-order valence-corrected chi connectivity index (χ4v) is 4.01.